The summed E-state index contributed by atoms with van der Waals surface area (Å²) < 4.78 is 14.3. The lowest BCUT2D eigenvalue weighted by Crippen LogP contribution is -2.35. The topological polar surface area (TPSA) is 53.8 Å². The lowest BCUT2D eigenvalue weighted by atomic mass is 9.90. The summed E-state index contributed by atoms with van der Waals surface area (Å²) in [6.45, 7) is 13.1. The van der Waals surface area contributed by atoms with E-state index in [9.17, 15) is 0 Å². The average molecular weight is 402 g/mol. The van der Waals surface area contributed by atoms with E-state index in [1.165, 1.54) is 5.52 Å². The second-order valence-electron chi connectivity index (χ2n) is 8.58. The Morgan fingerprint density at radius 1 is 1.10 bits per heavy atom. The molecule has 30 heavy (non-hydrogen) atoms. The molecule has 0 bridgehead atoms. The predicted octanol–water partition coefficient (Wildman–Crippen LogP) is 5.92. The molecule has 5 rings (SSSR count). The first-order valence-electron chi connectivity index (χ1n) is 10.7. The van der Waals surface area contributed by atoms with Gasteiger partial charge in [-0.15, -0.1) is 0 Å². The van der Waals surface area contributed by atoms with Gasteiger partial charge in [-0.1, -0.05) is 12.1 Å². The number of rotatable bonds is 2. The summed E-state index contributed by atoms with van der Waals surface area (Å²) in [5.41, 5.74) is 13.3. The van der Waals surface area contributed by atoms with Crippen molar-refractivity contribution in [1.29, 1.82) is 0 Å². The van der Waals surface area contributed by atoms with Gasteiger partial charge in [0.1, 0.15) is 0 Å². The van der Waals surface area contributed by atoms with Crippen molar-refractivity contribution in [3.8, 4) is 11.1 Å². The molecule has 1 saturated heterocycles. The monoisotopic (exact) mass is 401 g/mol. The van der Waals surface area contributed by atoms with Crippen molar-refractivity contribution in [2.45, 2.75) is 51.4 Å². The van der Waals surface area contributed by atoms with Gasteiger partial charge in [-0.2, -0.15) is 0 Å². The Kier molecular flexibility index (Phi) is 4.57. The van der Waals surface area contributed by atoms with Crippen LogP contribution in [-0.4, -0.2) is 23.6 Å². The third-order valence-electron chi connectivity index (χ3n) is 6.86. The van der Waals surface area contributed by atoms with E-state index in [2.05, 4.69) is 34.7 Å². The fourth-order valence-electron chi connectivity index (χ4n) is 5.08. The summed E-state index contributed by atoms with van der Waals surface area (Å²) in [7, 11) is 0. The average Bonchev–Trinajstić information content (AvgIpc) is 3.35. The van der Waals surface area contributed by atoms with Crippen LogP contribution < -0.4 is 5.73 Å². The van der Waals surface area contributed by atoms with E-state index in [4.69, 9.17) is 21.8 Å². The van der Waals surface area contributed by atoms with Crippen LogP contribution in [0.3, 0.4) is 0 Å². The maximum Gasteiger partial charge on any atom is 0.190 e. The first-order valence-corrected chi connectivity index (χ1v) is 10.7. The van der Waals surface area contributed by atoms with E-state index in [-0.39, 0.29) is 5.79 Å². The fraction of sp³-hybridized carbons (Fsp3) is 0.400. The van der Waals surface area contributed by atoms with Gasteiger partial charge in [-0.3, -0.25) is 0 Å². The fourth-order valence-corrected chi connectivity index (χ4v) is 5.08. The molecular formula is C25H27N3O2. The van der Waals surface area contributed by atoms with Gasteiger partial charge in [0, 0.05) is 41.8 Å². The second-order valence-corrected chi connectivity index (χ2v) is 8.58. The van der Waals surface area contributed by atoms with Gasteiger partial charge in [-0.05, 0) is 67.0 Å². The maximum atomic E-state index is 7.58. The molecular weight excluding hydrogens is 374 g/mol. The summed E-state index contributed by atoms with van der Waals surface area (Å²) in [6.07, 6.45) is 6.14. The van der Waals surface area contributed by atoms with Crippen molar-refractivity contribution in [1.82, 2.24) is 4.57 Å². The van der Waals surface area contributed by atoms with Gasteiger partial charge in [-0.25, -0.2) is 4.85 Å². The number of hydrogen-bond acceptors (Lipinski definition) is 3. The van der Waals surface area contributed by atoms with Gasteiger partial charge in [0.2, 0.25) is 0 Å². The molecule has 2 fully saturated rings. The number of nitrogens with two attached hydrogens (primary N) is 1. The lowest BCUT2D eigenvalue weighted by Gasteiger charge is -2.36. The molecule has 2 heterocycles. The molecule has 0 unspecified atom stereocenters. The van der Waals surface area contributed by atoms with Crippen molar-refractivity contribution in [2.24, 2.45) is 0 Å². The van der Waals surface area contributed by atoms with E-state index >= 15 is 0 Å². The quantitative estimate of drug-likeness (QED) is 0.429. The van der Waals surface area contributed by atoms with Crippen molar-refractivity contribution in [3.63, 3.8) is 0 Å². The van der Waals surface area contributed by atoms with Gasteiger partial charge in [0.05, 0.1) is 19.8 Å². The number of anilines is 1. The van der Waals surface area contributed by atoms with Crippen molar-refractivity contribution in [3.05, 3.63) is 59.1 Å². The summed E-state index contributed by atoms with van der Waals surface area (Å²) >= 11 is 0. The number of hydrogen-bond donors (Lipinski definition) is 1. The molecule has 1 aliphatic heterocycles. The lowest BCUT2D eigenvalue weighted by molar-refractivity contribution is -0.181. The molecule has 2 N–H and O–H groups in total. The number of aryl methyl sites for hydroxylation is 1. The van der Waals surface area contributed by atoms with Crippen LogP contribution in [0.15, 0.2) is 36.5 Å². The van der Waals surface area contributed by atoms with Crippen molar-refractivity contribution in [2.75, 3.05) is 18.9 Å². The zero-order valence-corrected chi connectivity index (χ0v) is 17.6. The largest absolute Gasteiger partial charge is 0.398 e. The highest BCUT2D eigenvalue weighted by atomic mass is 16.7. The van der Waals surface area contributed by atoms with E-state index in [1.54, 1.807) is 0 Å². The third kappa shape index (κ3) is 2.99. The van der Waals surface area contributed by atoms with Crippen LogP contribution in [0.25, 0.3) is 26.9 Å². The van der Waals surface area contributed by atoms with Gasteiger partial charge < -0.3 is 19.8 Å². The van der Waals surface area contributed by atoms with Gasteiger partial charge in [0.15, 0.2) is 11.5 Å². The van der Waals surface area contributed by atoms with Crippen molar-refractivity contribution < 1.29 is 9.47 Å². The number of fused-ring (bicyclic) bond motifs is 1. The minimum atomic E-state index is -0.361. The van der Waals surface area contributed by atoms with E-state index in [1.807, 2.05) is 25.1 Å². The summed E-state index contributed by atoms with van der Waals surface area (Å²) in [5, 5.41) is 1.12. The van der Waals surface area contributed by atoms with Crippen LogP contribution >= 0.6 is 0 Å². The molecule has 3 aromatic rings. The van der Waals surface area contributed by atoms with E-state index in [0.29, 0.717) is 24.9 Å². The van der Waals surface area contributed by atoms with Crippen LogP contribution in [0.2, 0.25) is 0 Å². The number of aromatic nitrogens is 1. The number of nitrogens with zero attached hydrogens (tertiary/aromatic N) is 2. The summed E-state index contributed by atoms with van der Waals surface area (Å²) in [6, 6.07) is 10.7. The minimum absolute atomic E-state index is 0.361. The third-order valence-corrected chi connectivity index (χ3v) is 6.86. The van der Waals surface area contributed by atoms with E-state index < -0.39 is 0 Å². The van der Waals surface area contributed by atoms with Gasteiger partial charge >= 0.3 is 0 Å². The zero-order valence-electron chi connectivity index (χ0n) is 17.6. The van der Waals surface area contributed by atoms with Crippen LogP contribution in [0.1, 0.15) is 42.9 Å². The molecule has 1 aliphatic carbocycles. The Morgan fingerprint density at radius 3 is 2.53 bits per heavy atom. The highest BCUT2D eigenvalue weighted by Crippen LogP contribution is 2.44. The molecule has 1 saturated carbocycles. The molecule has 5 heteroatoms. The molecule has 0 radical (unpaired) electrons. The molecule has 0 amide bonds. The normalized spacial score (nSPS) is 18.8. The number of nitrogen functional groups attached to an aromatic ring is 1. The van der Waals surface area contributed by atoms with E-state index in [0.717, 1.165) is 59.0 Å². The van der Waals surface area contributed by atoms with Crippen LogP contribution in [-0.2, 0) is 9.47 Å². The highest BCUT2D eigenvalue weighted by molar-refractivity contribution is 6.00. The first kappa shape index (κ1) is 19.2. The molecule has 5 nitrogen and oxygen atoms in total. The Hall–Kier alpha value is -2.81. The molecule has 2 aliphatic rings. The standard InChI is InChI=1S/C25H27N3O2/c1-16-13-24-20(14-23(16)27-3)21(19-5-4-6-22(26)17(19)2)15-28(24)18-7-9-25(10-8-18)29-11-12-30-25/h4-6,13-15,18H,7-12,26H2,1-2H3. The van der Waals surface area contributed by atoms with Crippen LogP contribution in [0.4, 0.5) is 11.4 Å². The molecule has 0 atom stereocenters. The minimum Gasteiger partial charge on any atom is -0.398 e. The Labute approximate surface area is 177 Å². The maximum absolute atomic E-state index is 7.58. The molecule has 2 aromatic carbocycles. The predicted molar refractivity (Wildman–Crippen MR) is 120 cm³/mol. The van der Waals surface area contributed by atoms with Gasteiger partial charge in [0.25, 0.3) is 0 Å². The summed E-state index contributed by atoms with van der Waals surface area (Å²) in [4.78, 5) is 3.75. The number of ether oxygens (including phenoxy) is 2. The summed E-state index contributed by atoms with van der Waals surface area (Å²) in [5.74, 6) is -0.361. The van der Waals surface area contributed by atoms with Crippen LogP contribution in [0.5, 0.6) is 0 Å². The smallest absolute Gasteiger partial charge is 0.190 e. The molecule has 1 spiro atoms. The van der Waals surface area contributed by atoms with Crippen molar-refractivity contribution >= 4 is 22.3 Å². The second kappa shape index (κ2) is 7.16. The van der Waals surface area contributed by atoms with Crippen LogP contribution in [0, 0.1) is 20.4 Å². The first-order chi connectivity index (χ1) is 14.5. The number of benzene rings is 2. The Balaban J connectivity index is 1.63. The molecule has 1 aromatic heterocycles. The Bertz CT molecular complexity index is 1160. The Morgan fingerprint density at radius 2 is 1.83 bits per heavy atom. The highest BCUT2D eigenvalue weighted by Gasteiger charge is 2.41. The zero-order chi connectivity index (χ0) is 20.9. The molecule has 154 valence electrons. The SMILES string of the molecule is [C-]#[N+]c1cc2c(-c3cccc(N)c3C)cn(C3CCC4(CC3)OCCO4)c2cc1C.